The molecule has 0 radical (unpaired) electrons. The predicted molar refractivity (Wildman–Crippen MR) is 123 cm³/mol. The Morgan fingerprint density at radius 1 is 0.767 bits per heavy atom. The van der Waals surface area contributed by atoms with Crippen molar-refractivity contribution in [1.29, 1.82) is 0 Å². The number of hydrogen-bond donors (Lipinski definition) is 0. The maximum Gasteiger partial charge on any atom is 0.241 e. The maximum absolute atomic E-state index is 13.1. The summed E-state index contributed by atoms with van der Waals surface area (Å²) in [6.07, 6.45) is 0. The van der Waals surface area contributed by atoms with Crippen molar-refractivity contribution in [3.8, 4) is 0 Å². The Hall–Kier alpha value is -2.44. The predicted octanol–water partition coefficient (Wildman–Crippen LogP) is 2.68. The fraction of sp³-hybridized carbons (Fsp3) is 0.500. The molecular formula is C24H34N4O2. The van der Waals surface area contributed by atoms with E-state index >= 15 is 0 Å². The molecular weight excluding hydrogens is 376 g/mol. The average Bonchev–Trinajstić information content (AvgIpc) is 2.76. The van der Waals surface area contributed by atoms with E-state index in [1.807, 2.05) is 54.8 Å². The van der Waals surface area contributed by atoms with E-state index in [4.69, 9.17) is 0 Å². The molecule has 1 heterocycles. The number of benzene rings is 2. The molecule has 0 unspecified atom stereocenters. The van der Waals surface area contributed by atoms with Crippen molar-refractivity contribution in [1.82, 2.24) is 14.7 Å². The Morgan fingerprint density at radius 2 is 1.33 bits per heavy atom. The molecule has 3 rings (SSSR count). The number of rotatable bonds is 8. The Morgan fingerprint density at radius 3 is 1.93 bits per heavy atom. The van der Waals surface area contributed by atoms with Crippen molar-refractivity contribution in [2.24, 2.45) is 0 Å². The Balaban J connectivity index is 1.58. The molecule has 1 saturated heterocycles. The second-order valence-corrected chi connectivity index (χ2v) is 7.75. The monoisotopic (exact) mass is 410 g/mol. The van der Waals surface area contributed by atoms with Gasteiger partial charge in [-0.1, -0.05) is 36.4 Å². The molecule has 0 spiro atoms. The van der Waals surface area contributed by atoms with Gasteiger partial charge >= 0.3 is 0 Å². The summed E-state index contributed by atoms with van der Waals surface area (Å²) in [5.74, 6) is 0.319. The van der Waals surface area contributed by atoms with Crippen LogP contribution in [0.3, 0.4) is 0 Å². The highest BCUT2D eigenvalue weighted by molar-refractivity contribution is 6.04. The fourth-order valence-electron chi connectivity index (χ4n) is 4.17. The molecule has 0 saturated carbocycles. The number of likely N-dealkylation sites (N-methyl/N-ethyl adjacent to an activating group) is 2. The third-order valence-electron chi connectivity index (χ3n) is 5.97. The number of nitrogens with zero attached hydrogens (tertiary/aromatic N) is 4. The van der Waals surface area contributed by atoms with E-state index in [1.54, 1.807) is 0 Å². The summed E-state index contributed by atoms with van der Waals surface area (Å²) in [6, 6.07) is 14.3. The lowest BCUT2D eigenvalue weighted by Gasteiger charge is -2.35. The lowest BCUT2D eigenvalue weighted by molar-refractivity contribution is -0.132. The molecule has 1 fully saturated rings. The molecule has 0 aromatic heterocycles. The summed E-state index contributed by atoms with van der Waals surface area (Å²) in [6.45, 7) is 12.4. The molecule has 2 aromatic rings. The number of fused-ring (bicyclic) bond motifs is 1. The van der Waals surface area contributed by atoms with Crippen molar-refractivity contribution in [2.75, 3.05) is 63.8 Å². The standard InChI is InChI=1S/C24H34N4O2/c1-4-27(5-2)23(29)18-25-14-16-26(17-15-25)19-24(30)28(6-3)22-13-9-11-20-10-7-8-12-21(20)22/h7-13H,4-6,14-19H2,1-3H3. The van der Waals surface area contributed by atoms with Gasteiger partial charge in [-0.3, -0.25) is 19.4 Å². The summed E-state index contributed by atoms with van der Waals surface area (Å²) < 4.78 is 0. The molecule has 30 heavy (non-hydrogen) atoms. The largest absolute Gasteiger partial charge is 0.342 e. The van der Waals surface area contributed by atoms with Gasteiger partial charge in [0.15, 0.2) is 0 Å². The normalized spacial score (nSPS) is 15.3. The Kier molecular flexibility index (Phi) is 7.82. The van der Waals surface area contributed by atoms with Crippen molar-refractivity contribution in [2.45, 2.75) is 20.8 Å². The molecule has 0 atom stereocenters. The van der Waals surface area contributed by atoms with Gasteiger partial charge in [-0.15, -0.1) is 0 Å². The van der Waals surface area contributed by atoms with Crippen LogP contribution in [0.25, 0.3) is 10.8 Å². The van der Waals surface area contributed by atoms with Crippen LogP contribution in [0.2, 0.25) is 0 Å². The van der Waals surface area contributed by atoms with E-state index in [2.05, 4.69) is 28.0 Å². The van der Waals surface area contributed by atoms with Gasteiger partial charge in [0.05, 0.1) is 18.8 Å². The number of piperazine rings is 1. The van der Waals surface area contributed by atoms with Crippen LogP contribution in [0.1, 0.15) is 20.8 Å². The Labute approximate surface area is 180 Å². The van der Waals surface area contributed by atoms with Gasteiger partial charge < -0.3 is 9.80 Å². The summed E-state index contributed by atoms with van der Waals surface area (Å²) in [4.78, 5) is 33.6. The van der Waals surface area contributed by atoms with E-state index in [9.17, 15) is 9.59 Å². The molecule has 1 aliphatic heterocycles. The highest BCUT2D eigenvalue weighted by Gasteiger charge is 2.24. The maximum atomic E-state index is 13.1. The van der Waals surface area contributed by atoms with Gasteiger partial charge in [0.2, 0.25) is 11.8 Å². The molecule has 6 heteroatoms. The zero-order valence-corrected chi connectivity index (χ0v) is 18.5. The minimum atomic E-state index is 0.126. The molecule has 1 aliphatic rings. The quantitative estimate of drug-likeness (QED) is 0.671. The van der Waals surface area contributed by atoms with Gasteiger partial charge in [0.25, 0.3) is 0 Å². The lowest BCUT2D eigenvalue weighted by Crippen LogP contribution is -2.52. The first-order valence-corrected chi connectivity index (χ1v) is 11.1. The molecule has 6 nitrogen and oxygen atoms in total. The van der Waals surface area contributed by atoms with E-state index in [1.165, 1.54) is 0 Å². The number of amides is 2. The summed E-state index contributed by atoms with van der Waals surface area (Å²) in [5.41, 5.74) is 0.976. The molecule has 162 valence electrons. The highest BCUT2D eigenvalue weighted by Crippen LogP contribution is 2.26. The first-order valence-electron chi connectivity index (χ1n) is 11.1. The lowest BCUT2D eigenvalue weighted by atomic mass is 10.1. The van der Waals surface area contributed by atoms with Crippen LogP contribution < -0.4 is 4.90 Å². The average molecular weight is 411 g/mol. The molecule has 0 bridgehead atoms. The minimum Gasteiger partial charge on any atom is -0.342 e. The topological polar surface area (TPSA) is 47.1 Å². The van der Waals surface area contributed by atoms with Crippen molar-refractivity contribution < 1.29 is 9.59 Å². The smallest absolute Gasteiger partial charge is 0.241 e. The number of carbonyl (C=O) groups is 2. The summed E-state index contributed by atoms with van der Waals surface area (Å²) >= 11 is 0. The van der Waals surface area contributed by atoms with Crippen molar-refractivity contribution in [3.63, 3.8) is 0 Å². The Bertz CT molecular complexity index is 852. The van der Waals surface area contributed by atoms with Gasteiger partial charge in [-0.05, 0) is 32.2 Å². The first-order chi connectivity index (χ1) is 14.6. The zero-order valence-electron chi connectivity index (χ0n) is 18.5. The van der Waals surface area contributed by atoms with Crippen molar-refractivity contribution >= 4 is 28.3 Å². The van der Waals surface area contributed by atoms with E-state index in [-0.39, 0.29) is 11.8 Å². The molecule has 0 N–H and O–H groups in total. The van der Waals surface area contributed by atoms with E-state index in [0.717, 1.165) is 55.7 Å². The number of hydrogen-bond acceptors (Lipinski definition) is 4. The SMILES string of the molecule is CCN(CC)C(=O)CN1CCN(CC(=O)N(CC)c2cccc3ccccc23)CC1. The van der Waals surface area contributed by atoms with Crippen LogP contribution in [0.15, 0.2) is 42.5 Å². The number of carbonyl (C=O) groups excluding carboxylic acids is 2. The summed E-state index contributed by atoms with van der Waals surface area (Å²) in [5, 5.41) is 2.25. The van der Waals surface area contributed by atoms with E-state index < -0.39 is 0 Å². The van der Waals surface area contributed by atoms with Crippen LogP contribution in [-0.4, -0.2) is 85.4 Å². The fourth-order valence-corrected chi connectivity index (χ4v) is 4.17. The van der Waals surface area contributed by atoms with Gasteiger partial charge in [0.1, 0.15) is 0 Å². The zero-order chi connectivity index (χ0) is 21.5. The van der Waals surface area contributed by atoms with Crippen LogP contribution in [-0.2, 0) is 9.59 Å². The van der Waals surface area contributed by atoms with E-state index in [0.29, 0.717) is 19.6 Å². The molecule has 2 aromatic carbocycles. The highest BCUT2D eigenvalue weighted by atomic mass is 16.2. The van der Waals surface area contributed by atoms with Gasteiger partial charge in [0, 0.05) is 51.2 Å². The second-order valence-electron chi connectivity index (χ2n) is 7.75. The number of anilines is 1. The van der Waals surface area contributed by atoms with Crippen LogP contribution >= 0.6 is 0 Å². The van der Waals surface area contributed by atoms with Crippen LogP contribution in [0.5, 0.6) is 0 Å². The first kappa shape index (κ1) is 22.2. The second kappa shape index (κ2) is 10.5. The minimum absolute atomic E-state index is 0.126. The van der Waals surface area contributed by atoms with Gasteiger partial charge in [-0.25, -0.2) is 0 Å². The summed E-state index contributed by atoms with van der Waals surface area (Å²) in [7, 11) is 0. The third kappa shape index (κ3) is 5.18. The van der Waals surface area contributed by atoms with Crippen molar-refractivity contribution in [3.05, 3.63) is 42.5 Å². The third-order valence-corrected chi connectivity index (χ3v) is 5.97. The van der Waals surface area contributed by atoms with Crippen LogP contribution in [0, 0.1) is 0 Å². The van der Waals surface area contributed by atoms with Crippen LogP contribution in [0.4, 0.5) is 5.69 Å². The molecule has 2 amide bonds. The van der Waals surface area contributed by atoms with Gasteiger partial charge in [-0.2, -0.15) is 0 Å². The molecule has 0 aliphatic carbocycles.